The van der Waals surface area contributed by atoms with Crippen LogP contribution in [0.15, 0.2) is 57.8 Å². The summed E-state index contributed by atoms with van der Waals surface area (Å²) in [4.78, 5) is 12.9. The highest BCUT2D eigenvalue weighted by molar-refractivity contribution is 8.02. The molecule has 35 heavy (non-hydrogen) atoms. The topological polar surface area (TPSA) is 123 Å². The van der Waals surface area contributed by atoms with Gasteiger partial charge in [0.15, 0.2) is 4.34 Å². The number of nitrogens with zero attached hydrogens (tertiary/aromatic N) is 3. The lowest BCUT2D eigenvalue weighted by Gasteiger charge is -2.26. The van der Waals surface area contributed by atoms with Gasteiger partial charge in [0.1, 0.15) is 5.75 Å². The maximum absolute atomic E-state index is 12.9. The van der Waals surface area contributed by atoms with Crippen molar-refractivity contribution in [1.29, 1.82) is 0 Å². The predicted octanol–water partition coefficient (Wildman–Crippen LogP) is 3.43. The van der Waals surface area contributed by atoms with Crippen LogP contribution in [-0.2, 0) is 19.6 Å². The van der Waals surface area contributed by atoms with Crippen LogP contribution in [0, 0.1) is 0 Å². The Kier molecular flexibility index (Phi) is 8.23. The molecule has 4 rings (SSSR count). The van der Waals surface area contributed by atoms with Crippen molar-refractivity contribution < 1.29 is 22.7 Å². The molecule has 2 heterocycles. The lowest BCUT2D eigenvalue weighted by Crippen LogP contribution is -2.40. The molecule has 2 aromatic carbocycles. The summed E-state index contributed by atoms with van der Waals surface area (Å²) in [5, 5.41) is 14.4. The van der Waals surface area contributed by atoms with Crippen LogP contribution in [0.5, 0.6) is 5.75 Å². The van der Waals surface area contributed by atoms with Gasteiger partial charge in [-0.1, -0.05) is 29.2 Å². The second-order valence-corrected chi connectivity index (χ2v) is 12.0. The van der Waals surface area contributed by atoms with E-state index < -0.39 is 15.3 Å². The number of ether oxygens (including phenoxy) is 2. The Hall–Kier alpha value is -2.71. The zero-order valence-electron chi connectivity index (χ0n) is 19.1. The van der Waals surface area contributed by atoms with Crippen LogP contribution < -0.4 is 15.4 Å². The summed E-state index contributed by atoms with van der Waals surface area (Å²) in [6.45, 7) is 3.11. The number of carbonyl (C=O) groups is 1. The van der Waals surface area contributed by atoms with Crippen LogP contribution in [0.4, 0.5) is 16.5 Å². The Morgan fingerprint density at radius 3 is 2.60 bits per heavy atom. The first kappa shape index (κ1) is 25.4. The second kappa shape index (κ2) is 11.4. The molecule has 1 aliphatic rings. The number of morpholine rings is 1. The first-order valence-electron chi connectivity index (χ1n) is 10.8. The number of nitrogens with one attached hydrogen (secondary N) is 2. The van der Waals surface area contributed by atoms with Crippen molar-refractivity contribution in [1.82, 2.24) is 14.5 Å². The maximum Gasteiger partial charge on any atom is 0.243 e. The van der Waals surface area contributed by atoms with E-state index in [2.05, 4.69) is 20.8 Å². The van der Waals surface area contributed by atoms with Crippen molar-refractivity contribution in [3.63, 3.8) is 0 Å². The molecule has 0 saturated carbocycles. The summed E-state index contributed by atoms with van der Waals surface area (Å²) in [6, 6.07) is 13.7. The van der Waals surface area contributed by atoms with Gasteiger partial charge in [-0.2, -0.15) is 4.31 Å². The average molecular weight is 536 g/mol. The van der Waals surface area contributed by atoms with Gasteiger partial charge >= 0.3 is 0 Å². The predicted molar refractivity (Wildman–Crippen MR) is 136 cm³/mol. The summed E-state index contributed by atoms with van der Waals surface area (Å²) in [6.07, 6.45) is 0. The van der Waals surface area contributed by atoms with Gasteiger partial charge in [-0.25, -0.2) is 8.42 Å². The molecule has 0 radical (unpaired) electrons. The van der Waals surface area contributed by atoms with E-state index in [1.807, 2.05) is 24.3 Å². The van der Waals surface area contributed by atoms with E-state index in [1.165, 1.54) is 39.5 Å². The minimum absolute atomic E-state index is 0.135. The summed E-state index contributed by atoms with van der Waals surface area (Å²) < 4.78 is 38.2. The van der Waals surface area contributed by atoms with E-state index in [0.717, 1.165) is 11.4 Å². The Labute approximate surface area is 212 Å². The summed E-state index contributed by atoms with van der Waals surface area (Å²) >= 11 is 2.61. The van der Waals surface area contributed by atoms with Gasteiger partial charge in [-0.05, 0) is 49.4 Å². The maximum atomic E-state index is 12.9. The van der Waals surface area contributed by atoms with Gasteiger partial charge in [0.05, 0.1) is 30.5 Å². The fourth-order valence-electron chi connectivity index (χ4n) is 3.22. The molecule has 1 fully saturated rings. The zero-order valence-corrected chi connectivity index (χ0v) is 21.6. The van der Waals surface area contributed by atoms with Gasteiger partial charge in [0.2, 0.25) is 21.1 Å². The second-order valence-electron chi connectivity index (χ2n) is 7.52. The molecule has 1 saturated heterocycles. The van der Waals surface area contributed by atoms with Gasteiger partial charge in [-0.3, -0.25) is 4.79 Å². The van der Waals surface area contributed by atoms with Crippen LogP contribution in [0.2, 0.25) is 0 Å². The van der Waals surface area contributed by atoms with E-state index >= 15 is 0 Å². The van der Waals surface area contributed by atoms with Crippen molar-refractivity contribution in [3.05, 3.63) is 48.5 Å². The van der Waals surface area contributed by atoms with E-state index in [1.54, 1.807) is 26.2 Å². The van der Waals surface area contributed by atoms with Crippen molar-refractivity contribution in [2.45, 2.75) is 21.4 Å². The molecule has 1 amide bonds. The van der Waals surface area contributed by atoms with Gasteiger partial charge in [0, 0.05) is 24.5 Å². The van der Waals surface area contributed by atoms with E-state index in [4.69, 9.17) is 9.47 Å². The Balaban J connectivity index is 1.35. The third kappa shape index (κ3) is 6.49. The number of hydrogen-bond acceptors (Lipinski definition) is 10. The summed E-state index contributed by atoms with van der Waals surface area (Å²) in [5.74, 6) is 0.490. The Bertz CT molecular complexity index is 1260. The third-order valence-corrected chi connectivity index (χ3v) is 9.02. The van der Waals surface area contributed by atoms with Crippen LogP contribution in [0.3, 0.4) is 0 Å². The smallest absolute Gasteiger partial charge is 0.243 e. The highest BCUT2D eigenvalue weighted by Crippen LogP contribution is 2.31. The lowest BCUT2D eigenvalue weighted by molar-refractivity contribution is -0.115. The van der Waals surface area contributed by atoms with Crippen molar-refractivity contribution in [2.75, 3.05) is 44.0 Å². The van der Waals surface area contributed by atoms with E-state index in [0.29, 0.717) is 41.5 Å². The lowest BCUT2D eigenvalue weighted by atomic mass is 10.3. The highest BCUT2D eigenvalue weighted by atomic mass is 32.2. The van der Waals surface area contributed by atoms with Crippen LogP contribution in [0.1, 0.15) is 6.92 Å². The number of anilines is 3. The molecule has 0 spiro atoms. The number of carbonyl (C=O) groups excluding carboxylic acids is 1. The molecular formula is C22H25N5O5S3. The SMILES string of the molecule is COc1ccc(Nc2nnc(S[C@H](C)C(=O)Nc3cccc(S(=O)(=O)N4CCOCC4)c3)s2)cc1. The standard InChI is InChI=1S/C22H25N5O5S3/c1-15(33-22-26-25-21(34-22)24-16-6-8-18(31-2)9-7-16)20(28)23-17-4-3-5-19(14-17)35(29,30)27-10-12-32-13-11-27/h3-9,14-15H,10-13H2,1-2H3,(H,23,28)(H,24,25)/t15-/m1/s1. The number of hydrogen-bond donors (Lipinski definition) is 2. The van der Waals surface area contributed by atoms with Crippen LogP contribution >= 0.6 is 23.1 Å². The number of benzene rings is 2. The van der Waals surface area contributed by atoms with E-state index in [-0.39, 0.29) is 10.8 Å². The van der Waals surface area contributed by atoms with Crippen molar-refractivity contribution in [3.8, 4) is 5.75 Å². The van der Waals surface area contributed by atoms with Gasteiger partial charge in [0.25, 0.3) is 0 Å². The first-order chi connectivity index (χ1) is 16.8. The largest absolute Gasteiger partial charge is 0.497 e. The molecular weight excluding hydrogens is 510 g/mol. The number of sulfonamides is 1. The number of aromatic nitrogens is 2. The normalized spacial score (nSPS) is 15.4. The average Bonchev–Trinajstić information content (AvgIpc) is 3.31. The highest BCUT2D eigenvalue weighted by Gasteiger charge is 2.27. The molecule has 0 unspecified atom stereocenters. The van der Waals surface area contributed by atoms with E-state index in [9.17, 15) is 13.2 Å². The molecule has 1 aromatic heterocycles. The first-order valence-corrected chi connectivity index (χ1v) is 13.9. The number of thioether (sulfide) groups is 1. The fourth-order valence-corrected chi connectivity index (χ4v) is 6.60. The minimum atomic E-state index is -3.65. The molecule has 10 nitrogen and oxygen atoms in total. The Morgan fingerprint density at radius 1 is 1.14 bits per heavy atom. The number of methoxy groups -OCH3 is 1. The molecule has 2 N–H and O–H groups in total. The molecule has 0 bridgehead atoms. The minimum Gasteiger partial charge on any atom is -0.497 e. The quantitative estimate of drug-likeness (QED) is 0.397. The number of amides is 1. The summed E-state index contributed by atoms with van der Waals surface area (Å²) in [7, 11) is -2.04. The van der Waals surface area contributed by atoms with Gasteiger partial charge in [-0.15, -0.1) is 10.2 Å². The molecule has 0 aliphatic carbocycles. The number of rotatable bonds is 9. The zero-order chi connectivity index (χ0) is 24.8. The monoisotopic (exact) mass is 535 g/mol. The van der Waals surface area contributed by atoms with Crippen LogP contribution in [0.25, 0.3) is 0 Å². The Morgan fingerprint density at radius 2 is 1.89 bits per heavy atom. The van der Waals surface area contributed by atoms with Crippen molar-refractivity contribution in [2.24, 2.45) is 0 Å². The molecule has 1 atom stereocenters. The summed E-state index contributed by atoms with van der Waals surface area (Å²) in [5.41, 5.74) is 1.26. The molecule has 186 valence electrons. The van der Waals surface area contributed by atoms with Crippen LogP contribution in [-0.4, -0.2) is 67.5 Å². The fraction of sp³-hybridized carbons (Fsp3) is 0.318. The molecule has 1 aliphatic heterocycles. The molecule has 13 heteroatoms. The van der Waals surface area contributed by atoms with Gasteiger partial charge < -0.3 is 20.1 Å². The molecule has 3 aromatic rings. The van der Waals surface area contributed by atoms with Crippen molar-refractivity contribution >= 4 is 55.5 Å². The third-order valence-electron chi connectivity index (χ3n) is 5.10.